The Morgan fingerprint density at radius 2 is 1.82 bits per heavy atom. The van der Waals surface area contributed by atoms with Crippen molar-refractivity contribution < 1.29 is 18.0 Å². The lowest BCUT2D eigenvalue weighted by Gasteiger charge is -2.12. The fourth-order valence-electron chi connectivity index (χ4n) is 3.35. The lowest BCUT2D eigenvalue weighted by Crippen LogP contribution is -2.26. The van der Waals surface area contributed by atoms with Crippen LogP contribution in [0.25, 0.3) is 17.2 Å². The van der Waals surface area contributed by atoms with Gasteiger partial charge in [0, 0.05) is 30.7 Å². The number of amides is 1. The number of benzene rings is 1. The molecule has 0 aliphatic rings. The van der Waals surface area contributed by atoms with E-state index in [9.17, 15) is 18.0 Å². The average molecular weight is 452 g/mol. The van der Waals surface area contributed by atoms with E-state index in [1.165, 1.54) is 41.3 Å². The van der Waals surface area contributed by atoms with E-state index in [0.29, 0.717) is 24.2 Å². The van der Waals surface area contributed by atoms with E-state index in [2.05, 4.69) is 25.4 Å². The molecule has 0 spiro atoms. The van der Waals surface area contributed by atoms with Gasteiger partial charge in [-0.1, -0.05) is 18.2 Å². The first-order chi connectivity index (χ1) is 15.8. The molecule has 0 unspecified atom stereocenters. The first-order valence-corrected chi connectivity index (χ1v) is 10.1. The maximum absolute atomic E-state index is 13.4. The summed E-state index contributed by atoms with van der Waals surface area (Å²) in [6.07, 6.45) is 2.24. The van der Waals surface area contributed by atoms with Crippen molar-refractivity contribution in [3.63, 3.8) is 0 Å². The number of hydrogen-bond donors (Lipinski definition) is 1. The molecule has 4 aromatic rings. The molecule has 0 aliphatic carbocycles. The smallest absolute Gasteiger partial charge is 0.352 e. The first-order valence-electron chi connectivity index (χ1n) is 10.1. The van der Waals surface area contributed by atoms with Crippen LogP contribution in [0.15, 0.2) is 67.3 Å². The minimum Gasteiger partial charge on any atom is -0.352 e. The van der Waals surface area contributed by atoms with Crippen molar-refractivity contribution in [2.24, 2.45) is 0 Å². The van der Waals surface area contributed by atoms with E-state index in [0.717, 1.165) is 11.6 Å². The Kier molecular flexibility index (Phi) is 6.16. The number of hydrogen-bond acceptors (Lipinski definition) is 5. The zero-order chi connectivity index (χ0) is 23.4. The molecule has 0 fully saturated rings. The summed E-state index contributed by atoms with van der Waals surface area (Å²) in [6.45, 7) is 2.10. The Labute approximate surface area is 187 Å². The van der Waals surface area contributed by atoms with Crippen molar-refractivity contribution in [1.82, 2.24) is 30.0 Å². The van der Waals surface area contributed by atoms with E-state index in [1.54, 1.807) is 19.3 Å². The number of halogens is 3. The van der Waals surface area contributed by atoms with Gasteiger partial charge in [-0.3, -0.25) is 9.78 Å². The highest BCUT2D eigenvalue weighted by Gasteiger charge is 2.33. The lowest BCUT2D eigenvalue weighted by molar-refractivity contribution is -0.137. The Morgan fingerprint density at radius 1 is 1.06 bits per heavy atom. The van der Waals surface area contributed by atoms with E-state index in [4.69, 9.17) is 0 Å². The van der Waals surface area contributed by atoms with Crippen LogP contribution in [0.4, 0.5) is 13.2 Å². The summed E-state index contributed by atoms with van der Waals surface area (Å²) in [7, 11) is 0. The summed E-state index contributed by atoms with van der Waals surface area (Å²) in [4.78, 5) is 25.0. The van der Waals surface area contributed by atoms with Crippen molar-refractivity contribution in [1.29, 1.82) is 0 Å². The van der Waals surface area contributed by atoms with Crippen LogP contribution in [0.2, 0.25) is 0 Å². The van der Waals surface area contributed by atoms with Gasteiger partial charge in [0.25, 0.3) is 11.9 Å². The van der Waals surface area contributed by atoms with Crippen molar-refractivity contribution in [2.75, 3.05) is 6.54 Å². The molecule has 0 bridgehead atoms. The molecule has 1 amide bonds. The number of carbonyl (C=O) groups excluding carboxylic acids is 1. The van der Waals surface area contributed by atoms with Gasteiger partial charge in [0.1, 0.15) is 0 Å². The number of pyridine rings is 1. The second kappa shape index (κ2) is 9.19. The quantitative estimate of drug-likeness (QED) is 0.478. The largest absolute Gasteiger partial charge is 0.417 e. The lowest BCUT2D eigenvalue weighted by atomic mass is 10.0. The maximum Gasteiger partial charge on any atom is 0.417 e. The van der Waals surface area contributed by atoms with Crippen LogP contribution in [-0.4, -0.2) is 37.2 Å². The highest BCUT2D eigenvalue weighted by molar-refractivity contribution is 5.95. The Balaban J connectivity index is 1.55. The van der Waals surface area contributed by atoms with Crippen molar-refractivity contribution in [3.05, 3.63) is 89.6 Å². The van der Waals surface area contributed by atoms with Crippen LogP contribution >= 0.6 is 0 Å². The second-order valence-electron chi connectivity index (χ2n) is 7.20. The van der Waals surface area contributed by atoms with Crippen LogP contribution in [0.5, 0.6) is 0 Å². The number of carbonyl (C=O) groups is 1. The van der Waals surface area contributed by atoms with Crippen molar-refractivity contribution in [2.45, 2.75) is 19.5 Å². The van der Waals surface area contributed by atoms with Crippen LogP contribution in [0.3, 0.4) is 0 Å². The van der Waals surface area contributed by atoms with Gasteiger partial charge in [-0.25, -0.2) is 14.6 Å². The fraction of sp³-hybridized carbons (Fsp3) is 0.174. The first kappa shape index (κ1) is 22.1. The third kappa shape index (κ3) is 4.89. The van der Waals surface area contributed by atoms with Crippen molar-refractivity contribution >= 4 is 5.91 Å². The minimum absolute atomic E-state index is 0.0625. The minimum atomic E-state index is -4.52. The normalized spacial score (nSPS) is 11.4. The van der Waals surface area contributed by atoms with E-state index in [-0.39, 0.29) is 23.1 Å². The summed E-state index contributed by atoms with van der Waals surface area (Å²) in [6, 6.07) is 10.3. The highest BCUT2D eigenvalue weighted by Crippen LogP contribution is 2.36. The summed E-state index contributed by atoms with van der Waals surface area (Å²) in [5, 5.41) is 7.02. The zero-order valence-corrected chi connectivity index (χ0v) is 17.5. The topological polar surface area (TPSA) is 85.6 Å². The van der Waals surface area contributed by atoms with Gasteiger partial charge >= 0.3 is 6.18 Å². The third-order valence-corrected chi connectivity index (χ3v) is 5.04. The van der Waals surface area contributed by atoms with Gasteiger partial charge < -0.3 is 5.32 Å². The Bertz CT molecular complexity index is 1270. The molecule has 7 nitrogen and oxygen atoms in total. The molecular weight excluding hydrogens is 433 g/mol. The third-order valence-electron chi connectivity index (χ3n) is 5.04. The fourth-order valence-corrected chi connectivity index (χ4v) is 3.35. The number of aromatic nitrogens is 5. The van der Waals surface area contributed by atoms with E-state index in [1.807, 2.05) is 12.1 Å². The molecule has 3 heterocycles. The Hall–Kier alpha value is -4.08. The van der Waals surface area contributed by atoms with Gasteiger partial charge in [0.15, 0.2) is 0 Å². The summed E-state index contributed by atoms with van der Waals surface area (Å²) in [5.74, 6) is -0.246. The average Bonchev–Trinajstić information content (AvgIpc) is 3.20. The number of nitrogens with one attached hydrogen (secondary N) is 1. The molecule has 33 heavy (non-hydrogen) atoms. The van der Waals surface area contributed by atoms with Crippen LogP contribution in [-0.2, 0) is 12.6 Å². The van der Waals surface area contributed by atoms with Crippen LogP contribution < -0.4 is 5.32 Å². The van der Waals surface area contributed by atoms with Gasteiger partial charge in [0.2, 0.25) is 0 Å². The molecule has 1 N–H and O–H groups in total. The predicted octanol–water partition coefficient (Wildman–Crippen LogP) is 4.02. The summed E-state index contributed by atoms with van der Waals surface area (Å²) < 4.78 is 41.6. The number of alkyl halides is 3. The maximum atomic E-state index is 13.4. The molecule has 3 aromatic heterocycles. The van der Waals surface area contributed by atoms with E-state index < -0.39 is 11.7 Å². The molecule has 0 radical (unpaired) electrons. The molecule has 10 heteroatoms. The molecule has 0 atom stereocenters. The molecule has 0 saturated heterocycles. The molecule has 0 aliphatic heterocycles. The second-order valence-corrected chi connectivity index (χ2v) is 7.20. The van der Waals surface area contributed by atoms with Crippen molar-refractivity contribution in [3.8, 4) is 17.2 Å². The summed E-state index contributed by atoms with van der Waals surface area (Å²) >= 11 is 0. The molecule has 168 valence electrons. The van der Waals surface area contributed by atoms with Gasteiger partial charge in [-0.2, -0.15) is 18.3 Å². The van der Waals surface area contributed by atoms with Crippen LogP contribution in [0.1, 0.15) is 27.2 Å². The zero-order valence-electron chi connectivity index (χ0n) is 17.5. The van der Waals surface area contributed by atoms with Crippen LogP contribution in [0, 0.1) is 6.92 Å². The van der Waals surface area contributed by atoms with Gasteiger partial charge in [-0.15, -0.1) is 0 Å². The molecule has 4 rings (SSSR count). The molecular formula is C23H19F3N6O. The number of rotatable bonds is 6. The highest BCUT2D eigenvalue weighted by atomic mass is 19.4. The number of nitrogens with zero attached hydrogens (tertiary/aromatic N) is 5. The standard InChI is InChI=1S/C23H19F3N6O/c1-15-18(21(33)28-12-8-16-6-10-27-11-7-16)14-30-32(15)22-29-13-9-20(31-22)17-4-2-3-5-19(17)23(24,25)26/h2-7,9-11,13-14H,8,12H2,1H3,(H,28,33). The van der Waals surface area contributed by atoms with E-state index >= 15 is 0 Å². The summed E-state index contributed by atoms with van der Waals surface area (Å²) in [5.41, 5.74) is 1.09. The monoisotopic (exact) mass is 452 g/mol. The SMILES string of the molecule is Cc1c(C(=O)NCCc2ccncc2)cnn1-c1nccc(-c2ccccc2C(F)(F)F)n1. The predicted molar refractivity (Wildman–Crippen MR) is 115 cm³/mol. The molecule has 0 saturated carbocycles. The van der Waals surface area contributed by atoms with Gasteiger partial charge in [-0.05, 0) is 43.2 Å². The Morgan fingerprint density at radius 3 is 2.58 bits per heavy atom. The van der Waals surface area contributed by atoms with Gasteiger partial charge in [0.05, 0.1) is 28.7 Å². The molecule has 1 aromatic carbocycles.